The van der Waals surface area contributed by atoms with Crippen LogP contribution >= 0.6 is 0 Å². The Kier molecular flexibility index (Phi) is 7.30. The molecule has 1 amide bonds. The molecular formula is C28H30FN7O3. The lowest BCUT2D eigenvalue weighted by Gasteiger charge is -2.34. The van der Waals surface area contributed by atoms with Crippen molar-refractivity contribution in [3.8, 4) is 6.07 Å². The number of ether oxygens (including phenoxy) is 1. The second-order valence-electron chi connectivity index (χ2n) is 9.91. The fraction of sp³-hybridized carbons (Fsp3) is 0.393. The quantitative estimate of drug-likeness (QED) is 0.514. The SMILES string of the molecule is Cc1c(C2C=Cn3ncc(C#N)c3C(O[C@H](C)c3ccc(F)cn3)=C2)cnn1[C@H]1CCCN(C(=O)[C@H](C)O)C1. The number of pyridine rings is 1. The van der Waals surface area contributed by atoms with Crippen molar-refractivity contribution in [2.45, 2.75) is 57.8 Å². The van der Waals surface area contributed by atoms with Gasteiger partial charge in [-0.05, 0) is 51.8 Å². The number of nitrogens with zero attached hydrogens (tertiary/aromatic N) is 7. The Balaban J connectivity index is 1.46. The van der Waals surface area contributed by atoms with E-state index in [1.54, 1.807) is 21.8 Å². The average molecular weight is 532 g/mol. The van der Waals surface area contributed by atoms with Crippen molar-refractivity contribution < 1.29 is 19.0 Å². The number of hydrogen-bond donors (Lipinski definition) is 1. The maximum Gasteiger partial charge on any atom is 0.251 e. The predicted molar refractivity (Wildman–Crippen MR) is 140 cm³/mol. The number of piperidine rings is 1. The van der Waals surface area contributed by atoms with Crippen LogP contribution in [0.3, 0.4) is 0 Å². The normalized spacial score (nSPS) is 20.4. The second kappa shape index (κ2) is 10.8. The Bertz CT molecular complexity index is 1470. The van der Waals surface area contributed by atoms with Crippen LogP contribution < -0.4 is 0 Å². The third kappa shape index (κ3) is 5.20. The van der Waals surface area contributed by atoms with E-state index >= 15 is 0 Å². The van der Waals surface area contributed by atoms with Crippen LogP contribution in [0, 0.1) is 24.1 Å². The highest BCUT2D eigenvalue weighted by Crippen LogP contribution is 2.35. The fourth-order valence-electron chi connectivity index (χ4n) is 5.19. The molecular weight excluding hydrogens is 501 g/mol. The second-order valence-corrected chi connectivity index (χ2v) is 9.91. The summed E-state index contributed by atoms with van der Waals surface area (Å²) < 4.78 is 23.3. The first-order valence-electron chi connectivity index (χ1n) is 12.9. The minimum Gasteiger partial charge on any atom is -0.482 e. The number of likely N-dealkylation sites (tertiary alicyclic amines) is 1. The van der Waals surface area contributed by atoms with Gasteiger partial charge in [0.1, 0.15) is 41.1 Å². The van der Waals surface area contributed by atoms with Crippen molar-refractivity contribution >= 4 is 17.9 Å². The zero-order valence-electron chi connectivity index (χ0n) is 22.0. The van der Waals surface area contributed by atoms with Crippen LogP contribution in [-0.4, -0.2) is 59.7 Å². The number of nitriles is 1. The highest BCUT2D eigenvalue weighted by Gasteiger charge is 2.30. The Morgan fingerprint density at radius 3 is 2.79 bits per heavy atom. The van der Waals surface area contributed by atoms with Crippen LogP contribution in [0.5, 0.6) is 0 Å². The topological polar surface area (TPSA) is 122 Å². The molecule has 0 aromatic carbocycles. The van der Waals surface area contributed by atoms with E-state index in [0.29, 0.717) is 35.8 Å². The lowest BCUT2D eigenvalue weighted by atomic mass is 9.98. The van der Waals surface area contributed by atoms with Gasteiger partial charge in [-0.1, -0.05) is 6.08 Å². The molecule has 11 heteroatoms. The Hall–Kier alpha value is -4.30. The minimum atomic E-state index is -1.03. The third-order valence-electron chi connectivity index (χ3n) is 7.24. The predicted octanol–water partition coefficient (Wildman–Crippen LogP) is 3.72. The molecule has 1 fully saturated rings. The molecule has 4 atom stereocenters. The molecule has 2 aliphatic rings. The number of hydrogen-bond acceptors (Lipinski definition) is 7. The number of aromatic nitrogens is 5. The summed E-state index contributed by atoms with van der Waals surface area (Å²) >= 11 is 0. The average Bonchev–Trinajstić information content (AvgIpc) is 3.48. The minimum absolute atomic E-state index is 0.00476. The first kappa shape index (κ1) is 26.3. The van der Waals surface area contributed by atoms with Gasteiger partial charge in [-0.25, -0.2) is 9.07 Å². The van der Waals surface area contributed by atoms with Crippen LogP contribution in [0.15, 0.2) is 42.9 Å². The van der Waals surface area contributed by atoms with Crippen molar-refractivity contribution in [1.82, 2.24) is 29.4 Å². The van der Waals surface area contributed by atoms with E-state index in [0.717, 1.165) is 30.3 Å². The number of aliphatic hydroxyl groups is 1. The first-order valence-corrected chi connectivity index (χ1v) is 12.9. The molecule has 0 radical (unpaired) electrons. The maximum absolute atomic E-state index is 13.4. The smallest absolute Gasteiger partial charge is 0.251 e. The van der Waals surface area contributed by atoms with Gasteiger partial charge in [0.15, 0.2) is 0 Å². The zero-order valence-corrected chi connectivity index (χ0v) is 22.0. The van der Waals surface area contributed by atoms with E-state index in [9.17, 15) is 19.6 Å². The van der Waals surface area contributed by atoms with Gasteiger partial charge in [-0.15, -0.1) is 0 Å². The van der Waals surface area contributed by atoms with Crippen LogP contribution in [0.4, 0.5) is 4.39 Å². The number of amides is 1. The highest BCUT2D eigenvalue weighted by molar-refractivity contribution is 5.80. The number of carbonyl (C=O) groups is 1. The molecule has 0 bridgehead atoms. The van der Waals surface area contributed by atoms with Gasteiger partial charge < -0.3 is 14.7 Å². The molecule has 3 aromatic heterocycles. The largest absolute Gasteiger partial charge is 0.482 e. The lowest BCUT2D eigenvalue weighted by Crippen LogP contribution is -2.44. The van der Waals surface area contributed by atoms with Gasteiger partial charge >= 0.3 is 0 Å². The molecule has 0 aliphatic carbocycles. The maximum atomic E-state index is 13.4. The highest BCUT2D eigenvalue weighted by atomic mass is 19.1. The molecule has 0 saturated carbocycles. The molecule has 1 saturated heterocycles. The molecule has 10 nitrogen and oxygen atoms in total. The number of carbonyl (C=O) groups excluding carboxylic acids is 1. The fourth-order valence-corrected chi connectivity index (χ4v) is 5.19. The Morgan fingerprint density at radius 2 is 2.08 bits per heavy atom. The number of fused-ring (bicyclic) bond motifs is 1. The third-order valence-corrected chi connectivity index (χ3v) is 7.24. The van der Waals surface area contributed by atoms with Gasteiger partial charge in [-0.3, -0.25) is 14.5 Å². The summed E-state index contributed by atoms with van der Waals surface area (Å²) in [7, 11) is 0. The van der Waals surface area contributed by atoms with Crippen LogP contribution in [-0.2, 0) is 9.53 Å². The van der Waals surface area contributed by atoms with E-state index in [-0.39, 0.29) is 17.9 Å². The number of aliphatic hydroxyl groups excluding tert-OH is 1. The van der Waals surface area contributed by atoms with Crippen LogP contribution in [0.25, 0.3) is 12.0 Å². The zero-order chi connectivity index (χ0) is 27.7. The summed E-state index contributed by atoms with van der Waals surface area (Å²) in [5.41, 5.74) is 3.33. The summed E-state index contributed by atoms with van der Waals surface area (Å²) in [5, 5.41) is 28.5. The molecule has 0 spiro atoms. The van der Waals surface area contributed by atoms with Crippen LogP contribution in [0.2, 0.25) is 0 Å². The van der Waals surface area contributed by atoms with E-state index in [1.807, 2.05) is 36.9 Å². The van der Waals surface area contributed by atoms with E-state index in [1.165, 1.54) is 19.2 Å². The van der Waals surface area contributed by atoms with Crippen molar-refractivity contribution in [2.24, 2.45) is 0 Å². The van der Waals surface area contributed by atoms with Crippen LogP contribution in [0.1, 0.15) is 73.0 Å². The molecule has 1 N–H and O–H groups in total. The van der Waals surface area contributed by atoms with Gasteiger partial charge in [0.2, 0.25) is 0 Å². The molecule has 39 heavy (non-hydrogen) atoms. The van der Waals surface area contributed by atoms with Gasteiger partial charge in [0, 0.05) is 36.5 Å². The summed E-state index contributed by atoms with van der Waals surface area (Å²) in [6.07, 6.45) is 10.3. The summed E-state index contributed by atoms with van der Waals surface area (Å²) in [4.78, 5) is 18.2. The number of allylic oxidation sites excluding steroid dienone is 2. The van der Waals surface area contributed by atoms with Crippen molar-refractivity contribution in [1.29, 1.82) is 5.26 Å². The van der Waals surface area contributed by atoms with Gasteiger partial charge in [-0.2, -0.15) is 15.5 Å². The summed E-state index contributed by atoms with van der Waals surface area (Å²) in [6, 6.07) is 5.07. The first-order chi connectivity index (χ1) is 18.8. The molecule has 5 heterocycles. The molecule has 2 aliphatic heterocycles. The van der Waals surface area contributed by atoms with Crippen molar-refractivity contribution in [3.63, 3.8) is 0 Å². The van der Waals surface area contributed by atoms with E-state index in [2.05, 4.69) is 21.3 Å². The van der Waals surface area contributed by atoms with Crippen molar-refractivity contribution in [3.05, 3.63) is 76.9 Å². The monoisotopic (exact) mass is 531 g/mol. The van der Waals surface area contributed by atoms with E-state index in [4.69, 9.17) is 4.74 Å². The summed E-state index contributed by atoms with van der Waals surface area (Å²) in [5.74, 6) is -0.489. The Labute approximate surface area is 225 Å². The van der Waals surface area contributed by atoms with Gasteiger partial charge in [0.25, 0.3) is 5.91 Å². The summed E-state index contributed by atoms with van der Waals surface area (Å²) in [6.45, 7) is 6.40. The number of rotatable bonds is 6. The number of halogens is 1. The lowest BCUT2D eigenvalue weighted by molar-refractivity contribution is -0.141. The van der Waals surface area contributed by atoms with E-state index < -0.39 is 18.0 Å². The van der Waals surface area contributed by atoms with Gasteiger partial charge in [0.05, 0.1) is 30.3 Å². The van der Waals surface area contributed by atoms with Crippen molar-refractivity contribution in [2.75, 3.05) is 13.1 Å². The molecule has 202 valence electrons. The molecule has 5 rings (SSSR count). The molecule has 1 unspecified atom stereocenters. The Morgan fingerprint density at radius 1 is 1.26 bits per heavy atom. The molecule has 3 aromatic rings. The standard InChI is InChI=1S/C28H30FN7O3/c1-17-24(15-33-36(17)23-5-4-9-34(16-23)28(38)18(2)37)20-8-10-35-27(21(12-30)13-32-35)26(11-20)39-19(3)25-7-6-22(29)14-31-25/h6-8,10-11,13-15,18-20,23,37H,4-5,9,16H2,1-3H3/t18-,19+,20?,23-/m0/s1.